The van der Waals surface area contributed by atoms with E-state index in [4.69, 9.17) is 9.72 Å². The zero-order valence-corrected chi connectivity index (χ0v) is 21.7. The van der Waals surface area contributed by atoms with Crippen molar-refractivity contribution in [3.63, 3.8) is 0 Å². The highest BCUT2D eigenvalue weighted by atomic mass is 16.5. The molecule has 1 aromatic heterocycles. The Morgan fingerprint density at radius 2 is 1.80 bits per heavy atom. The van der Waals surface area contributed by atoms with Gasteiger partial charge in [-0.25, -0.2) is 4.98 Å². The third kappa shape index (κ3) is 5.45. The minimum atomic E-state index is 0.0864. The molecule has 0 unspecified atom stereocenters. The first-order valence-electron chi connectivity index (χ1n) is 13.4. The molecular weight excluding hydrogens is 434 g/mol. The maximum atomic E-state index is 13.9. The van der Waals surface area contributed by atoms with Crippen LogP contribution < -0.4 is 10.3 Å². The average molecular weight is 474 g/mol. The highest BCUT2D eigenvalue weighted by Crippen LogP contribution is 2.31. The molecule has 1 saturated heterocycles. The van der Waals surface area contributed by atoms with Gasteiger partial charge in [0.05, 0.1) is 17.5 Å². The van der Waals surface area contributed by atoms with Crippen molar-refractivity contribution in [2.75, 3.05) is 19.7 Å². The summed E-state index contributed by atoms with van der Waals surface area (Å²) in [6.45, 7) is 12.5. The van der Waals surface area contributed by atoms with E-state index in [1.807, 2.05) is 28.8 Å². The van der Waals surface area contributed by atoms with Gasteiger partial charge in [-0.05, 0) is 93.3 Å². The quantitative estimate of drug-likeness (QED) is 0.397. The van der Waals surface area contributed by atoms with E-state index in [0.717, 1.165) is 60.4 Å². The number of ether oxygens (including phenoxy) is 1. The summed E-state index contributed by atoms with van der Waals surface area (Å²) in [6.07, 6.45) is 4.91. The Morgan fingerprint density at radius 1 is 1.00 bits per heavy atom. The van der Waals surface area contributed by atoms with Gasteiger partial charge in [0.25, 0.3) is 5.56 Å². The monoisotopic (exact) mass is 473 g/mol. The van der Waals surface area contributed by atoms with Crippen molar-refractivity contribution in [3.8, 4) is 16.9 Å². The smallest absolute Gasteiger partial charge is 0.261 e. The summed E-state index contributed by atoms with van der Waals surface area (Å²) in [4.78, 5) is 21.4. The van der Waals surface area contributed by atoms with E-state index in [9.17, 15) is 4.79 Å². The second-order valence-corrected chi connectivity index (χ2v) is 11.2. The molecule has 0 N–H and O–H groups in total. The molecule has 2 heterocycles. The minimum Gasteiger partial charge on any atom is -0.493 e. The molecule has 5 heteroatoms. The highest BCUT2D eigenvalue weighted by molar-refractivity contribution is 5.84. The lowest BCUT2D eigenvalue weighted by atomic mass is 9.96. The molecule has 1 saturated carbocycles. The lowest BCUT2D eigenvalue weighted by molar-refractivity contribution is 0.129. The van der Waals surface area contributed by atoms with Gasteiger partial charge in [0.1, 0.15) is 11.6 Å². The normalized spacial score (nSPS) is 19.1. The van der Waals surface area contributed by atoms with E-state index in [-0.39, 0.29) is 11.5 Å². The van der Waals surface area contributed by atoms with Crippen molar-refractivity contribution in [1.29, 1.82) is 0 Å². The first-order valence-corrected chi connectivity index (χ1v) is 13.4. The van der Waals surface area contributed by atoms with Gasteiger partial charge in [0, 0.05) is 25.0 Å². The van der Waals surface area contributed by atoms with Crippen LogP contribution >= 0.6 is 0 Å². The van der Waals surface area contributed by atoms with Crippen LogP contribution in [0.4, 0.5) is 0 Å². The molecule has 0 radical (unpaired) electrons. The number of fused-ring (bicyclic) bond motifs is 1. The van der Waals surface area contributed by atoms with Gasteiger partial charge in [-0.3, -0.25) is 9.36 Å². The fraction of sp³-hybridized carbons (Fsp3) is 0.533. The van der Waals surface area contributed by atoms with E-state index >= 15 is 0 Å². The molecule has 1 atom stereocenters. The highest BCUT2D eigenvalue weighted by Gasteiger charge is 2.25. The minimum absolute atomic E-state index is 0.0864. The first-order chi connectivity index (χ1) is 16.9. The second kappa shape index (κ2) is 10.1. The van der Waals surface area contributed by atoms with Crippen molar-refractivity contribution in [2.24, 2.45) is 11.8 Å². The van der Waals surface area contributed by atoms with Gasteiger partial charge in [-0.2, -0.15) is 0 Å². The summed E-state index contributed by atoms with van der Waals surface area (Å²) in [5, 5.41) is 0.702. The molecule has 2 fully saturated rings. The SMILES string of the molecule is CC(C)c1nc2ccc(-c3cccc(OCC4CC4)c3)cc2c(=O)n1C[C@H]1CCCN(C(C)C)C1. The first kappa shape index (κ1) is 24.1. The molecule has 35 heavy (non-hydrogen) atoms. The Kier molecular flexibility index (Phi) is 6.97. The molecule has 5 rings (SSSR count). The van der Waals surface area contributed by atoms with Crippen LogP contribution in [-0.4, -0.2) is 40.2 Å². The van der Waals surface area contributed by atoms with Gasteiger partial charge < -0.3 is 9.64 Å². The molecular formula is C30H39N3O2. The lowest BCUT2D eigenvalue weighted by Gasteiger charge is -2.36. The van der Waals surface area contributed by atoms with E-state index in [1.165, 1.54) is 25.7 Å². The van der Waals surface area contributed by atoms with Crippen LogP contribution in [0.1, 0.15) is 65.1 Å². The summed E-state index contributed by atoms with van der Waals surface area (Å²) in [7, 11) is 0. The van der Waals surface area contributed by atoms with Crippen LogP contribution in [0, 0.1) is 11.8 Å². The second-order valence-electron chi connectivity index (χ2n) is 11.2. The van der Waals surface area contributed by atoms with Gasteiger partial charge in [-0.15, -0.1) is 0 Å². The molecule has 0 bridgehead atoms. The van der Waals surface area contributed by atoms with E-state index in [2.05, 4.69) is 50.8 Å². The zero-order chi connectivity index (χ0) is 24.5. The van der Waals surface area contributed by atoms with E-state index < -0.39 is 0 Å². The van der Waals surface area contributed by atoms with Crippen molar-refractivity contribution in [3.05, 3.63) is 58.6 Å². The van der Waals surface area contributed by atoms with Gasteiger partial charge in [0.2, 0.25) is 0 Å². The molecule has 0 spiro atoms. The van der Waals surface area contributed by atoms with Gasteiger partial charge >= 0.3 is 0 Å². The standard InChI is InChI=1S/C30H39N3O2/c1-20(2)29-31-28-13-12-25(24-8-5-9-26(15-24)35-19-22-10-11-22)16-27(28)30(34)33(29)18-23-7-6-14-32(17-23)21(3)4/h5,8-9,12-13,15-16,20-23H,6-7,10-11,14,17-19H2,1-4H3/t23-/m0/s1. The number of hydrogen-bond acceptors (Lipinski definition) is 4. The number of nitrogens with zero attached hydrogens (tertiary/aromatic N) is 3. The zero-order valence-electron chi connectivity index (χ0n) is 21.7. The fourth-order valence-electron chi connectivity index (χ4n) is 5.27. The molecule has 2 aromatic carbocycles. The maximum Gasteiger partial charge on any atom is 0.261 e. The van der Waals surface area contributed by atoms with Crippen LogP contribution in [0.15, 0.2) is 47.3 Å². The molecule has 1 aliphatic heterocycles. The lowest BCUT2D eigenvalue weighted by Crippen LogP contribution is -2.42. The summed E-state index contributed by atoms with van der Waals surface area (Å²) in [5.41, 5.74) is 2.97. The van der Waals surface area contributed by atoms with Crippen molar-refractivity contribution < 1.29 is 4.74 Å². The van der Waals surface area contributed by atoms with E-state index in [1.54, 1.807) is 0 Å². The molecule has 0 amide bonds. The van der Waals surface area contributed by atoms with Crippen LogP contribution in [-0.2, 0) is 6.54 Å². The predicted octanol–water partition coefficient (Wildman–Crippen LogP) is 6.10. The third-order valence-electron chi connectivity index (χ3n) is 7.57. The number of benzene rings is 2. The number of piperidine rings is 1. The fourth-order valence-corrected chi connectivity index (χ4v) is 5.27. The van der Waals surface area contributed by atoms with Crippen LogP contribution in [0.5, 0.6) is 5.75 Å². The molecule has 3 aromatic rings. The summed E-state index contributed by atoms with van der Waals surface area (Å²) < 4.78 is 7.96. The topological polar surface area (TPSA) is 47.4 Å². The van der Waals surface area contributed by atoms with Crippen LogP contribution in [0.3, 0.4) is 0 Å². The maximum absolute atomic E-state index is 13.9. The van der Waals surface area contributed by atoms with Crippen molar-refractivity contribution in [1.82, 2.24) is 14.5 Å². The Bertz CT molecular complexity index is 1240. The Balaban J connectivity index is 1.48. The number of hydrogen-bond donors (Lipinski definition) is 0. The Hall–Kier alpha value is -2.66. The van der Waals surface area contributed by atoms with E-state index in [0.29, 0.717) is 17.3 Å². The summed E-state index contributed by atoms with van der Waals surface area (Å²) >= 11 is 0. The third-order valence-corrected chi connectivity index (χ3v) is 7.57. The molecule has 2 aliphatic rings. The Morgan fingerprint density at radius 3 is 2.54 bits per heavy atom. The molecule has 1 aliphatic carbocycles. The molecule has 5 nitrogen and oxygen atoms in total. The summed E-state index contributed by atoms with van der Waals surface area (Å²) in [5.74, 6) is 3.18. The summed E-state index contributed by atoms with van der Waals surface area (Å²) in [6, 6.07) is 14.9. The number of rotatable bonds is 8. The molecule has 186 valence electrons. The van der Waals surface area contributed by atoms with Gasteiger partial charge in [-0.1, -0.05) is 32.0 Å². The predicted molar refractivity (Wildman–Crippen MR) is 143 cm³/mol. The Labute approximate surface area is 209 Å². The van der Waals surface area contributed by atoms with Crippen LogP contribution in [0.25, 0.3) is 22.0 Å². The largest absolute Gasteiger partial charge is 0.493 e. The average Bonchev–Trinajstić information content (AvgIpc) is 3.69. The van der Waals surface area contributed by atoms with Crippen molar-refractivity contribution in [2.45, 2.75) is 71.9 Å². The number of likely N-dealkylation sites (tertiary alicyclic amines) is 1. The number of aromatic nitrogens is 2. The van der Waals surface area contributed by atoms with Crippen LogP contribution in [0.2, 0.25) is 0 Å². The van der Waals surface area contributed by atoms with Crippen molar-refractivity contribution >= 4 is 10.9 Å². The van der Waals surface area contributed by atoms with Gasteiger partial charge in [0.15, 0.2) is 0 Å².